The Bertz CT molecular complexity index is 407. The van der Waals surface area contributed by atoms with E-state index in [1.54, 1.807) is 0 Å². The van der Waals surface area contributed by atoms with Gasteiger partial charge in [-0.15, -0.1) is 0 Å². The molecule has 0 spiro atoms. The highest BCUT2D eigenvalue weighted by Gasteiger charge is 2.57. The number of thioether (sulfide) groups is 1. The summed E-state index contributed by atoms with van der Waals surface area (Å²) in [5.74, 6) is -0.250. The summed E-state index contributed by atoms with van der Waals surface area (Å²) in [6.07, 6.45) is -5.24. The third kappa shape index (κ3) is 5.97. The van der Waals surface area contributed by atoms with E-state index in [2.05, 4.69) is 21.2 Å². The molecule has 1 rings (SSSR count). The average molecular weight is 378 g/mol. The van der Waals surface area contributed by atoms with Gasteiger partial charge in [-0.25, -0.2) is 0 Å². The van der Waals surface area contributed by atoms with Gasteiger partial charge in [0.25, 0.3) is 0 Å². The normalized spacial score (nSPS) is 12.7. The van der Waals surface area contributed by atoms with Crippen molar-refractivity contribution in [2.24, 2.45) is 0 Å². The fourth-order valence-corrected chi connectivity index (χ4v) is 2.29. The van der Waals surface area contributed by atoms with Crippen LogP contribution in [0, 0.1) is 0 Å². The highest BCUT2D eigenvalue weighted by atomic mass is 79.9. The van der Waals surface area contributed by atoms with Crippen LogP contribution in [0.2, 0.25) is 0 Å². The lowest BCUT2D eigenvalue weighted by Crippen LogP contribution is -2.33. The number of benzene rings is 1. The summed E-state index contributed by atoms with van der Waals surface area (Å²) in [5.41, 5.74) is 1.02. The molecule has 1 aromatic rings. The maximum Gasteiger partial charge on any atom is 0.464 e. The Morgan fingerprint density at radius 2 is 1.65 bits per heavy atom. The van der Waals surface area contributed by atoms with Gasteiger partial charge >= 0.3 is 11.4 Å². The third-order valence-electron chi connectivity index (χ3n) is 2.35. The third-order valence-corrected chi connectivity index (χ3v) is 3.97. The van der Waals surface area contributed by atoms with Gasteiger partial charge in [0.15, 0.2) is 0 Å². The molecule has 0 heterocycles. The lowest BCUT2D eigenvalue weighted by Gasteiger charge is -2.18. The molecule has 0 aromatic heterocycles. The maximum atomic E-state index is 12.6. The summed E-state index contributed by atoms with van der Waals surface area (Å²) in [5, 5.41) is -1.68. The van der Waals surface area contributed by atoms with Gasteiger partial charge in [0.1, 0.15) is 0 Å². The minimum absolute atomic E-state index is 0.243. The summed E-state index contributed by atoms with van der Waals surface area (Å²) in [6, 6.07) is 7.53. The van der Waals surface area contributed by atoms with Crippen molar-refractivity contribution in [3.8, 4) is 0 Å². The second-order valence-electron chi connectivity index (χ2n) is 4.02. The molecule has 0 fully saturated rings. The Kier molecular flexibility index (Phi) is 6.74. The molecule has 1 N–H and O–H groups in total. The smallest absolute Gasteiger partial charge is 0.313 e. The number of nitrogens with one attached hydrogen (secondary N) is 1. The fraction of sp³-hybridized carbons (Fsp3) is 0.500. The number of rotatable bonds is 7. The van der Waals surface area contributed by atoms with Crippen LogP contribution >= 0.6 is 27.7 Å². The lowest BCUT2D eigenvalue weighted by atomic mass is 10.2. The van der Waals surface area contributed by atoms with Crippen LogP contribution in [-0.2, 0) is 6.54 Å². The molecule has 0 aliphatic rings. The molecule has 0 aliphatic carbocycles. The van der Waals surface area contributed by atoms with Crippen molar-refractivity contribution < 1.29 is 22.0 Å². The van der Waals surface area contributed by atoms with Gasteiger partial charge in [0.05, 0.1) is 0 Å². The van der Waals surface area contributed by atoms with E-state index < -0.39 is 11.4 Å². The predicted octanol–water partition coefficient (Wildman–Crippen LogP) is 4.82. The Morgan fingerprint density at radius 1 is 1.05 bits per heavy atom. The lowest BCUT2D eigenvalue weighted by molar-refractivity contribution is -0.237. The zero-order chi connectivity index (χ0) is 15.2. The van der Waals surface area contributed by atoms with Crippen LogP contribution in [0.1, 0.15) is 12.0 Å². The molecule has 0 bridgehead atoms. The molecule has 0 saturated carbocycles. The number of hydrogen-bond donors (Lipinski definition) is 1. The first-order valence-electron chi connectivity index (χ1n) is 5.76. The molecule has 20 heavy (non-hydrogen) atoms. The molecular weight excluding hydrogens is 365 g/mol. The molecule has 0 aliphatic heterocycles. The first kappa shape index (κ1) is 17.7. The zero-order valence-corrected chi connectivity index (χ0v) is 12.7. The van der Waals surface area contributed by atoms with Crippen LogP contribution in [-0.4, -0.2) is 23.7 Å². The predicted molar refractivity (Wildman–Crippen MR) is 73.9 cm³/mol. The van der Waals surface area contributed by atoms with Crippen LogP contribution < -0.4 is 5.32 Å². The van der Waals surface area contributed by atoms with E-state index in [0.29, 0.717) is 13.1 Å². The van der Waals surface area contributed by atoms with Crippen molar-refractivity contribution in [3.05, 3.63) is 34.3 Å². The molecule has 0 radical (unpaired) electrons. The first-order chi connectivity index (χ1) is 9.22. The van der Waals surface area contributed by atoms with Crippen molar-refractivity contribution in [1.29, 1.82) is 0 Å². The monoisotopic (exact) mass is 377 g/mol. The van der Waals surface area contributed by atoms with E-state index in [0.717, 1.165) is 10.0 Å². The molecule has 0 unspecified atom stereocenters. The Hall–Kier alpha value is -0.340. The number of alkyl halides is 5. The quantitative estimate of drug-likeness (QED) is 0.540. The highest BCUT2D eigenvalue weighted by Crippen LogP contribution is 2.44. The van der Waals surface area contributed by atoms with Crippen molar-refractivity contribution in [2.75, 3.05) is 12.3 Å². The SMILES string of the molecule is FC(F)(F)C(F)(F)SCCCNCc1ccc(Br)cc1. The molecule has 1 aromatic carbocycles. The van der Waals surface area contributed by atoms with E-state index in [1.165, 1.54) is 0 Å². The summed E-state index contributed by atoms with van der Waals surface area (Å²) in [4.78, 5) is 0. The maximum absolute atomic E-state index is 12.6. The van der Waals surface area contributed by atoms with E-state index in [1.807, 2.05) is 24.3 Å². The van der Waals surface area contributed by atoms with E-state index in [-0.39, 0.29) is 23.9 Å². The second kappa shape index (κ2) is 7.61. The molecule has 0 atom stereocenters. The van der Waals surface area contributed by atoms with Crippen molar-refractivity contribution in [2.45, 2.75) is 24.4 Å². The summed E-state index contributed by atoms with van der Waals surface area (Å²) in [6.45, 7) is 0.935. The summed E-state index contributed by atoms with van der Waals surface area (Å²) >= 11 is 2.93. The summed E-state index contributed by atoms with van der Waals surface area (Å²) < 4.78 is 61.7. The van der Waals surface area contributed by atoms with E-state index in [4.69, 9.17) is 0 Å². The van der Waals surface area contributed by atoms with E-state index in [9.17, 15) is 22.0 Å². The fourth-order valence-electron chi connectivity index (χ4n) is 1.31. The van der Waals surface area contributed by atoms with Gasteiger partial charge in [-0.2, -0.15) is 22.0 Å². The van der Waals surface area contributed by atoms with Crippen LogP contribution in [0.25, 0.3) is 0 Å². The molecule has 114 valence electrons. The Labute approximate surface area is 126 Å². The van der Waals surface area contributed by atoms with Gasteiger partial charge in [0, 0.05) is 16.8 Å². The van der Waals surface area contributed by atoms with Gasteiger partial charge in [-0.1, -0.05) is 39.8 Å². The second-order valence-corrected chi connectivity index (χ2v) is 6.15. The topological polar surface area (TPSA) is 12.0 Å². The van der Waals surface area contributed by atoms with Crippen LogP contribution in [0.4, 0.5) is 22.0 Å². The molecule has 0 saturated heterocycles. The van der Waals surface area contributed by atoms with Gasteiger partial charge in [0.2, 0.25) is 0 Å². The summed E-state index contributed by atoms with van der Waals surface area (Å²) in [7, 11) is 0. The van der Waals surface area contributed by atoms with Crippen LogP contribution in [0.5, 0.6) is 0 Å². The minimum Gasteiger partial charge on any atom is -0.313 e. The number of hydrogen-bond acceptors (Lipinski definition) is 2. The highest BCUT2D eigenvalue weighted by molar-refractivity contribution is 9.10. The first-order valence-corrected chi connectivity index (χ1v) is 7.54. The van der Waals surface area contributed by atoms with E-state index >= 15 is 0 Å². The van der Waals surface area contributed by atoms with Crippen LogP contribution in [0.3, 0.4) is 0 Å². The van der Waals surface area contributed by atoms with Crippen LogP contribution in [0.15, 0.2) is 28.7 Å². The van der Waals surface area contributed by atoms with Crippen molar-refractivity contribution in [1.82, 2.24) is 5.32 Å². The van der Waals surface area contributed by atoms with Crippen molar-refractivity contribution >= 4 is 27.7 Å². The Morgan fingerprint density at radius 3 is 2.20 bits per heavy atom. The zero-order valence-electron chi connectivity index (χ0n) is 10.3. The molecule has 1 nitrogen and oxygen atoms in total. The number of halogens is 6. The Balaban J connectivity index is 2.15. The van der Waals surface area contributed by atoms with Gasteiger partial charge in [-0.3, -0.25) is 0 Å². The molecule has 8 heteroatoms. The minimum atomic E-state index is -5.48. The average Bonchev–Trinajstić information content (AvgIpc) is 2.34. The molecule has 0 amide bonds. The van der Waals surface area contributed by atoms with Gasteiger partial charge < -0.3 is 5.32 Å². The van der Waals surface area contributed by atoms with Crippen molar-refractivity contribution in [3.63, 3.8) is 0 Å². The van der Waals surface area contributed by atoms with Gasteiger partial charge in [-0.05, 0) is 30.7 Å². The largest absolute Gasteiger partial charge is 0.464 e. The molecular formula is C12H13BrF5NS. The standard InChI is InChI=1S/C12H13BrF5NS/c13-10-4-2-9(3-5-10)8-19-6-1-7-20-12(17,18)11(14,15)16/h2-5,19H,1,6-8H2.